The van der Waals surface area contributed by atoms with E-state index in [0.29, 0.717) is 0 Å². The van der Waals surface area contributed by atoms with E-state index in [1.807, 2.05) is 6.92 Å². The van der Waals surface area contributed by atoms with Gasteiger partial charge in [0.2, 0.25) is 0 Å². The Morgan fingerprint density at radius 2 is 2.00 bits per heavy atom. The van der Waals surface area contributed by atoms with Gasteiger partial charge in [-0.15, -0.1) is 0 Å². The molecule has 0 saturated heterocycles. The van der Waals surface area contributed by atoms with Crippen LogP contribution >= 0.6 is 0 Å². The molecule has 0 radical (unpaired) electrons. The first-order valence-corrected chi connectivity index (χ1v) is 4.33. The van der Waals surface area contributed by atoms with Gasteiger partial charge in [0.1, 0.15) is 0 Å². The number of hydrogen-bond donors (Lipinski definition) is 1. The van der Waals surface area contributed by atoms with Gasteiger partial charge in [-0.1, -0.05) is 23.8 Å². The van der Waals surface area contributed by atoms with Gasteiger partial charge in [-0.05, 0) is 39.7 Å². The second-order valence-corrected chi connectivity index (χ2v) is 2.61. The quantitative estimate of drug-likeness (QED) is 0.477. The Morgan fingerprint density at radius 1 is 1.27 bits per heavy atom. The molecule has 64 valence electrons. The molecule has 0 aliphatic heterocycles. The maximum absolute atomic E-state index is 5.39. The van der Waals surface area contributed by atoms with E-state index < -0.39 is 0 Å². The summed E-state index contributed by atoms with van der Waals surface area (Å²) in [6.45, 7) is 4.94. The maximum atomic E-state index is 5.39. The highest BCUT2D eigenvalue weighted by molar-refractivity contribution is 5.16. The summed E-state index contributed by atoms with van der Waals surface area (Å²) in [5.41, 5.74) is 6.81. The van der Waals surface area contributed by atoms with E-state index in [9.17, 15) is 0 Å². The monoisotopic (exact) mass is 153 g/mol. The van der Waals surface area contributed by atoms with Crippen molar-refractivity contribution in [2.45, 2.75) is 33.1 Å². The molecule has 0 aromatic carbocycles. The average Bonchev–Trinajstić information content (AvgIpc) is 2.03. The normalized spacial score (nSPS) is 12.8. The standard InChI is InChI=1S/C10H19N/c1-3-7-10(4-2)8-5-6-9-11/h3-4,7H,5-6,8-9,11H2,1-2H3/b7-3-,10-4+. The SMILES string of the molecule is C/C=C\C(=C/C)CCCCN. The minimum absolute atomic E-state index is 0.812. The third kappa shape index (κ3) is 5.86. The van der Waals surface area contributed by atoms with Crippen molar-refractivity contribution >= 4 is 0 Å². The molecule has 2 N–H and O–H groups in total. The second kappa shape index (κ2) is 7.55. The van der Waals surface area contributed by atoms with Crippen molar-refractivity contribution in [3.8, 4) is 0 Å². The number of nitrogens with two attached hydrogens (primary N) is 1. The van der Waals surface area contributed by atoms with Gasteiger partial charge >= 0.3 is 0 Å². The lowest BCUT2D eigenvalue weighted by atomic mass is 10.1. The number of rotatable bonds is 5. The summed E-state index contributed by atoms with van der Waals surface area (Å²) < 4.78 is 0. The van der Waals surface area contributed by atoms with E-state index in [1.165, 1.54) is 12.0 Å². The van der Waals surface area contributed by atoms with Gasteiger partial charge in [-0.2, -0.15) is 0 Å². The lowest BCUT2D eigenvalue weighted by Gasteiger charge is -1.99. The molecule has 0 saturated carbocycles. The van der Waals surface area contributed by atoms with E-state index in [1.54, 1.807) is 0 Å². The van der Waals surface area contributed by atoms with Crippen molar-refractivity contribution in [3.63, 3.8) is 0 Å². The fraction of sp³-hybridized carbons (Fsp3) is 0.600. The second-order valence-electron chi connectivity index (χ2n) is 2.61. The Labute approximate surface area is 70.0 Å². The van der Waals surface area contributed by atoms with E-state index >= 15 is 0 Å². The van der Waals surface area contributed by atoms with E-state index in [2.05, 4.69) is 25.2 Å². The Balaban J connectivity index is 3.54. The van der Waals surface area contributed by atoms with Crippen LogP contribution in [0.3, 0.4) is 0 Å². The zero-order valence-electron chi connectivity index (χ0n) is 7.64. The molecule has 11 heavy (non-hydrogen) atoms. The van der Waals surface area contributed by atoms with Crippen LogP contribution in [0.25, 0.3) is 0 Å². The zero-order valence-corrected chi connectivity index (χ0v) is 7.64. The molecule has 0 atom stereocenters. The smallest absolute Gasteiger partial charge is 0.00772 e. The van der Waals surface area contributed by atoms with Crippen LogP contribution in [-0.2, 0) is 0 Å². The van der Waals surface area contributed by atoms with Crippen LogP contribution in [-0.4, -0.2) is 6.54 Å². The Hall–Kier alpha value is -0.560. The van der Waals surface area contributed by atoms with Gasteiger partial charge in [0, 0.05) is 0 Å². The van der Waals surface area contributed by atoms with Gasteiger partial charge in [0.15, 0.2) is 0 Å². The summed E-state index contributed by atoms with van der Waals surface area (Å²) in [5, 5.41) is 0. The fourth-order valence-electron chi connectivity index (χ4n) is 1.01. The Bertz CT molecular complexity index is 134. The summed E-state index contributed by atoms with van der Waals surface area (Å²) in [5.74, 6) is 0. The molecule has 0 aliphatic rings. The molecule has 0 unspecified atom stereocenters. The molecule has 0 amide bonds. The predicted molar refractivity (Wildman–Crippen MR) is 51.5 cm³/mol. The molecule has 0 aromatic rings. The highest BCUT2D eigenvalue weighted by Gasteiger charge is 1.89. The molecular weight excluding hydrogens is 134 g/mol. The van der Waals surface area contributed by atoms with E-state index in [4.69, 9.17) is 5.73 Å². The molecule has 1 heteroatoms. The highest BCUT2D eigenvalue weighted by atomic mass is 14.5. The van der Waals surface area contributed by atoms with Crippen molar-refractivity contribution in [2.24, 2.45) is 5.73 Å². The molecule has 0 heterocycles. The van der Waals surface area contributed by atoms with Crippen LogP contribution in [0.15, 0.2) is 23.8 Å². The first kappa shape index (κ1) is 10.4. The van der Waals surface area contributed by atoms with Crippen molar-refractivity contribution in [1.29, 1.82) is 0 Å². The molecule has 0 bridgehead atoms. The Morgan fingerprint density at radius 3 is 2.45 bits per heavy atom. The minimum Gasteiger partial charge on any atom is -0.330 e. The van der Waals surface area contributed by atoms with Gasteiger partial charge in [0.05, 0.1) is 0 Å². The third-order valence-corrected chi connectivity index (χ3v) is 1.67. The van der Waals surface area contributed by atoms with E-state index in [0.717, 1.165) is 19.4 Å². The molecule has 0 spiro atoms. The van der Waals surface area contributed by atoms with Crippen LogP contribution in [0.5, 0.6) is 0 Å². The summed E-state index contributed by atoms with van der Waals surface area (Å²) in [4.78, 5) is 0. The largest absolute Gasteiger partial charge is 0.330 e. The van der Waals surface area contributed by atoms with Gasteiger partial charge in [-0.3, -0.25) is 0 Å². The third-order valence-electron chi connectivity index (χ3n) is 1.67. The zero-order chi connectivity index (χ0) is 8.53. The number of hydrogen-bond acceptors (Lipinski definition) is 1. The molecule has 0 aliphatic carbocycles. The minimum atomic E-state index is 0.812. The average molecular weight is 153 g/mol. The Kier molecular flexibility index (Phi) is 7.16. The molecule has 0 fully saturated rings. The summed E-state index contributed by atoms with van der Waals surface area (Å²) in [7, 11) is 0. The topological polar surface area (TPSA) is 26.0 Å². The number of unbranched alkanes of at least 4 members (excludes halogenated alkanes) is 1. The predicted octanol–water partition coefficient (Wildman–Crippen LogP) is 2.64. The summed E-state index contributed by atoms with van der Waals surface area (Å²) in [6, 6.07) is 0. The molecule has 0 rings (SSSR count). The molecule has 0 aromatic heterocycles. The molecule has 1 nitrogen and oxygen atoms in total. The first-order chi connectivity index (χ1) is 5.35. The number of allylic oxidation sites excluding steroid dienone is 4. The van der Waals surface area contributed by atoms with Crippen molar-refractivity contribution < 1.29 is 0 Å². The molecular formula is C10H19N. The van der Waals surface area contributed by atoms with Crippen LogP contribution in [0.2, 0.25) is 0 Å². The fourth-order valence-corrected chi connectivity index (χ4v) is 1.01. The van der Waals surface area contributed by atoms with Crippen LogP contribution in [0.4, 0.5) is 0 Å². The van der Waals surface area contributed by atoms with Crippen molar-refractivity contribution in [1.82, 2.24) is 0 Å². The van der Waals surface area contributed by atoms with Gasteiger partial charge in [0.25, 0.3) is 0 Å². The first-order valence-electron chi connectivity index (χ1n) is 4.33. The van der Waals surface area contributed by atoms with Gasteiger partial charge in [-0.25, -0.2) is 0 Å². The van der Waals surface area contributed by atoms with Crippen LogP contribution in [0.1, 0.15) is 33.1 Å². The highest BCUT2D eigenvalue weighted by Crippen LogP contribution is 2.07. The van der Waals surface area contributed by atoms with Crippen LogP contribution in [0, 0.1) is 0 Å². The van der Waals surface area contributed by atoms with Crippen molar-refractivity contribution in [3.05, 3.63) is 23.8 Å². The van der Waals surface area contributed by atoms with Gasteiger partial charge < -0.3 is 5.73 Å². The summed E-state index contributed by atoms with van der Waals surface area (Å²) >= 11 is 0. The summed E-state index contributed by atoms with van der Waals surface area (Å²) in [6.07, 6.45) is 9.91. The lowest BCUT2D eigenvalue weighted by Crippen LogP contribution is -1.97. The van der Waals surface area contributed by atoms with Crippen molar-refractivity contribution in [2.75, 3.05) is 6.54 Å². The maximum Gasteiger partial charge on any atom is -0.00772 e. The van der Waals surface area contributed by atoms with E-state index in [-0.39, 0.29) is 0 Å². The lowest BCUT2D eigenvalue weighted by molar-refractivity contribution is 0.746. The van der Waals surface area contributed by atoms with Crippen LogP contribution < -0.4 is 5.73 Å².